The van der Waals surface area contributed by atoms with E-state index in [0.29, 0.717) is 0 Å². The van der Waals surface area contributed by atoms with E-state index >= 15 is 0 Å². The molecule has 0 aromatic carbocycles. The third kappa shape index (κ3) is 3.20. The Balaban J connectivity index is 2.71. The van der Waals surface area contributed by atoms with Gasteiger partial charge in [0.15, 0.2) is 0 Å². The summed E-state index contributed by atoms with van der Waals surface area (Å²) in [4.78, 5) is 6.59. The Morgan fingerprint density at radius 1 is 1.40 bits per heavy atom. The lowest BCUT2D eigenvalue weighted by molar-refractivity contribution is 0.675. The standard InChI is InChI=1S/C12H21N3/c1-4-8-15(3)10-6-7-12(14-9-10)11(13)5-2/h6-7,9,11H,4-5,8,13H2,1-3H3/t11-/m0/s1. The summed E-state index contributed by atoms with van der Waals surface area (Å²) in [6.45, 7) is 5.30. The highest BCUT2D eigenvalue weighted by molar-refractivity contribution is 5.43. The molecule has 3 nitrogen and oxygen atoms in total. The monoisotopic (exact) mass is 207 g/mol. The number of hydrogen-bond acceptors (Lipinski definition) is 3. The van der Waals surface area contributed by atoms with Crippen molar-refractivity contribution in [2.45, 2.75) is 32.7 Å². The predicted octanol–water partition coefficient (Wildman–Crippen LogP) is 2.34. The van der Waals surface area contributed by atoms with Gasteiger partial charge in [-0.1, -0.05) is 13.8 Å². The van der Waals surface area contributed by atoms with Crippen LogP contribution in [-0.2, 0) is 0 Å². The zero-order valence-corrected chi connectivity index (χ0v) is 9.90. The van der Waals surface area contributed by atoms with Crippen LogP contribution >= 0.6 is 0 Å². The van der Waals surface area contributed by atoms with Gasteiger partial charge in [-0.15, -0.1) is 0 Å². The minimum absolute atomic E-state index is 0.0653. The molecule has 0 aliphatic rings. The van der Waals surface area contributed by atoms with Gasteiger partial charge in [-0.2, -0.15) is 0 Å². The van der Waals surface area contributed by atoms with Crippen molar-refractivity contribution in [1.29, 1.82) is 0 Å². The zero-order valence-electron chi connectivity index (χ0n) is 9.90. The molecule has 0 bridgehead atoms. The van der Waals surface area contributed by atoms with Crippen LogP contribution < -0.4 is 10.6 Å². The van der Waals surface area contributed by atoms with Crippen molar-refractivity contribution in [1.82, 2.24) is 4.98 Å². The number of nitrogens with two attached hydrogens (primary N) is 1. The molecule has 1 heterocycles. The Hall–Kier alpha value is -1.09. The van der Waals surface area contributed by atoms with Crippen molar-refractivity contribution in [3.8, 4) is 0 Å². The molecule has 1 atom stereocenters. The first-order valence-electron chi connectivity index (χ1n) is 5.61. The fraction of sp³-hybridized carbons (Fsp3) is 0.583. The quantitative estimate of drug-likeness (QED) is 0.805. The van der Waals surface area contributed by atoms with Crippen molar-refractivity contribution in [2.75, 3.05) is 18.5 Å². The first-order valence-corrected chi connectivity index (χ1v) is 5.61. The number of nitrogens with zero attached hydrogens (tertiary/aromatic N) is 2. The number of aromatic nitrogens is 1. The summed E-state index contributed by atoms with van der Waals surface area (Å²) in [6, 6.07) is 4.18. The van der Waals surface area contributed by atoms with Crippen LogP contribution in [0.15, 0.2) is 18.3 Å². The highest BCUT2D eigenvalue weighted by Gasteiger charge is 2.05. The SMILES string of the molecule is CCCN(C)c1ccc([C@@H](N)CC)nc1. The number of pyridine rings is 1. The number of rotatable bonds is 5. The summed E-state index contributed by atoms with van der Waals surface area (Å²) in [6.07, 6.45) is 3.98. The van der Waals surface area contributed by atoms with Crippen LogP contribution in [0.2, 0.25) is 0 Å². The summed E-state index contributed by atoms with van der Waals surface area (Å²) in [7, 11) is 2.08. The van der Waals surface area contributed by atoms with Gasteiger partial charge < -0.3 is 10.6 Å². The van der Waals surface area contributed by atoms with E-state index in [0.717, 1.165) is 30.8 Å². The maximum atomic E-state index is 5.90. The van der Waals surface area contributed by atoms with Gasteiger partial charge in [0, 0.05) is 19.6 Å². The molecule has 0 fully saturated rings. The summed E-state index contributed by atoms with van der Waals surface area (Å²) in [5.74, 6) is 0. The Labute approximate surface area is 92.3 Å². The Bertz CT molecular complexity index is 281. The predicted molar refractivity (Wildman–Crippen MR) is 65.0 cm³/mol. The lowest BCUT2D eigenvalue weighted by Gasteiger charge is -2.18. The van der Waals surface area contributed by atoms with E-state index in [1.54, 1.807) is 0 Å². The van der Waals surface area contributed by atoms with Gasteiger partial charge in [0.2, 0.25) is 0 Å². The molecular formula is C12H21N3. The van der Waals surface area contributed by atoms with Crippen LogP contribution in [0.25, 0.3) is 0 Å². The normalized spacial score (nSPS) is 12.5. The fourth-order valence-corrected chi connectivity index (χ4v) is 1.52. The minimum atomic E-state index is 0.0653. The first-order chi connectivity index (χ1) is 7.19. The van der Waals surface area contributed by atoms with Crippen LogP contribution in [0.3, 0.4) is 0 Å². The molecule has 2 N–H and O–H groups in total. The second kappa shape index (κ2) is 5.71. The third-order valence-corrected chi connectivity index (χ3v) is 2.59. The molecule has 0 spiro atoms. The molecule has 84 valence electrons. The molecular weight excluding hydrogens is 186 g/mol. The maximum absolute atomic E-state index is 5.90. The summed E-state index contributed by atoms with van der Waals surface area (Å²) in [5, 5.41) is 0. The average Bonchev–Trinajstić information content (AvgIpc) is 2.28. The largest absolute Gasteiger partial charge is 0.373 e. The van der Waals surface area contributed by atoms with Gasteiger partial charge in [0.05, 0.1) is 17.6 Å². The molecule has 0 aliphatic heterocycles. The maximum Gasteiger partial charge on any atom is 0.0572 e. The molecule has 0 saturated heterocycles. The minimum Gasteiger partial charge on any atom is -0.373 e. The smallest absolute Gasteiger partial charge is 0.0572 e. The van der Waals surface area contributed by atoms with E-state index in [2.05, 4.69) is 36.8 Å². The van der Waals surface area contributed by atoms with Gasteiger partial charge in [-0.05, 0) is 25.0 Å². The molecule has 3 heteroatoms. The average molecular weight is 207 g/mol. The van der Waals surface area contributed by atoms with Crippen LogP contribution in [0.5, 0.6) is 0 Å². The summed E-state index contributed by atoms with van der Waals surface area (Å²) >= 11 is 0. The molecule has 1 aromatic rings. The molecule has 0 aliphatic carbocycles. The van der Waals surface area contributed by atoms with Crippen LogP contribution in [0.4, 0.5) is 5.69 Å². The highest BCUT2D eigenvalue weighted by atomic mass is 15.1. The molecule has 0 saturated carbocycles. The molecule has 1 rings (SSSR count). The number of anilines is 1. The lowest BCUT2D eigenvalue weighted by atomic mass is 10.1. The van der Waals surface area contributed by atoms with Gasteiger partial charge >= 0.3 is 0 Å². The van der Waals surface area contributed by atoms with Crippen molar-refractivity contribution in [3.63, 3.8) is 0 Å². The summed E-state index contributed by atoms with van der Waals surface area (Å²) < 4.78 is 0. The van der Waals surface area contributed by atoms with Crippen molar-refractivity contribution in [2.24, 2.45) is 5.73 Å². The molecule has 0 amide bonds. The Morgan fingerprint density at radius 3 is 2.60 bits per heavy atom. The fourth-order valence-electron chi connectivity index (χ4n) is 1.52. The van der Waals surface area contributed by atoms with Crippen LogP contribution in [0.1, 0.15) is 38.4 Å². The van der Waals surface area contributed by atoms with Gasteiger partial charge in [0.25, 0.3) is 0 Å². The van der Waals surface area contributed by atoms with Gasteiger partial charge in [-0.25, -0.2) is 0 Å². The second-order valence-corrected chi connectivity index (χ2v) is 3.88. The molecule has 0 unspecified atom stereocenters. The van der Waals surface area contributed by atoms with E-state index in [-0.39, 0.29) is 6.04 Å². The first kappa shape index (κ1) is 12.0. The van der Waals surface area contributed by atoms with Gasteiger partial charge in [-0.3, -0.25) is 4.98 Å². The van der Waals surface area contributed by atoms with Crippen LogP contribution in [-0.4, -0.2) is 18.6 Å². The van der Waals surface area contributed by atoms with E-state index in [4.69, 9.17) is 5.73 Å². The molecule has 1 aromatic heterocycles. The van der Waals surface area contributed by atoms with E-state index in [1.165, 1.54) is 0 Å². The Kier molecular flexibility index (Phi) is 4.56. The van der Waals surface area contributed by atoms with Crippen LogP contribution in [0, 0.1) is 0 Å². The highest BCUT2D eigenvalue weighted by Crippen LogP contribution is 2.15. The van der Waals surface area contributed by atoms with Gasteiger partial charge in [0.1, 0.15) is 0 Å². The zero-order chi connectivity index (χ0) is 11.3. The summed E-state index contributed by atoms with van der Waals surface area (Å²) in [5.41, 5.74) is 8.04. The number of hydrogen-bond donors (Lipinski definition) is 1. The van der Waals surface area contributed by atoms with E-state index in [1.807, 2.05) is 12.3 Å². The van der Waals surface area contributed by atoms with E-state index in [9.17, 15) is 0 Å². The Morgan fingerprint density at radius 2 is 2.13 bits per heavy atom. The van der Waals surface area contributed by atoms with Crippen molar-refractivity contribution >= 4 is 5.69 Å². The van der Waals surface area contributed by atoms with E-state index < -0.39 is 0 Å². The van der Waals surface area contributed by atoms with Crippen molar-refractivity contribution < 1.29 is 0 Å². The molecule has 0 radical (unpaired) electrons. The third-order valence-electron chi connectivity index (χ3n) is 2.59. The van der Waals surface area contributed by atoms with Crippen molar-refractivity contribution in [3.05, 3.63) is 24.0 Å². The molecule has 15 heavy (non-hydrogen) atoms. The lowest BCUT2D eigenvalue weighted by Crippen LogP contribution is -2.18. The second-order valence-electron chi connectivity index (χ2n) is 3.88. The topological polar surface area (TPSA) is 42.1 Å².